The van der Waals surface area contributed by atoms with Crippen LogP contribution in [0.25, 0.3) is 0 Å². The van der Waals surface area contributed by atoms with E-state index in [0.717, 1.165) is 18.9 Å². The molecule has 5 heteroatoms. The SMILES string of the molecule is CC(=O)N1CC2(CC2)c2c1cccc2C(F)(F)F. The molecule has 1 heterocycles. The molecule has 2 nitrogen and oxygen atoms in total. The standard InChI is InChI=1S/C13H12F3NO/c1-8(18)17-7-12(5-6-12)11-9(13(14,15)16)3-2-4-10(11)17/h2-4H,5-7H2,1H3. The molecule has 1 aliphatic carbocycles. The van der Waals surface area contributed by atoms with Gasteiger partial charge in [-0.3, -0.25) is 4.79 Å². The van der Waals surface area contributed by atoms with Crippen molar-refractivity contribution in [2.24, 2.45) is 0 Å². The van der Waals surface area contributed by atoms with Gasteiger partial charge in [-0.25, -0.2) is 0 Å². The van der Waals surface area contributed by atoms with Gasteiger partial charge >= 0.3 is 6.18 Å². The summed E-state index contributed by atoms with van der Waals surface area (Å²) in [5, 5.41) is 0. The van der Waals surface area contributed by atoms with Gasteiger partial charge in [0.1, 0.15) is 0 Å². The minimum absolute atomic E-state index is 0.195. The van der Waals surface area contributed by atoms with Gasteiger partial charge in [0.2, 0.25) is 5.91 Å². The first kappa shape index (κ1) is 11.6. The molecule has 1 saturated carbocycles. The Morgan fingerprint density at radius 2 is 2.00 bits per heavy atom. The monoisotopic (exact) mass is 255 g/mol. The van der Waals surface area contributed by atoms with Crippen LogP contribution in [0.3, 0.4) is 0 Å². The second kappa shape index (κ2) is 3.28. The van der Waals surface area contributed by atoms with E-state index in [4.69, 9.17) is 0 Å². The van der Waals surface area contributed by atoms with Crippen LogP contribution < -0.4 is 4.90 Å². The van der Waals surface area contributed by atoms with Gasteiger partial charge in [0.15, 0.2) is 0 Å². The Morgan fingerprint density at radius 1 is 1.33 bits per heavy atom. The van der Waals surface area contributed by atoms with E-state index < -0.39 is 17.2 Å². The van der Waals surface area contributed by atoms with Gasteiger partial charge in [0.05, 0.1) is 5.56 Å². The van der Waals surface area contributed by atoms with E-state index in [1.807, 2.05) is 0 Å². The van der Waals surface area contributed by atoms with Gasteiger partial charge in [-0.2, -0.15) is 13.2 Å². The maximum absolute atomic E-state index is 13.0. The molecule has 1 aromatic rings. The van der Waals surface area contributed by atoms with Crippen molar-refractivity contribution in [2.75, 3.05) is 11.4 Å². The quantitative estimate of drug-likeness (QED) is 0.697. The van der Waals surface area contributed by atoms with Gasteiger partial charge in [0, 0.05) is 24.6 Å². The highest BCUT2D eigenvalue weighted by Crippen LogP contribution is 2.59. The van der Waals surface area contributed by atoms with Crippen LogP contribution in [0, 0.1) is 0 Å². The molecule has 0 atom stereocenters. The fourth-order valence-corrected chi connectivity index (χ4v) is 2.87. The second-order valence-electron chi connectivity index (χ2n) is 5.08. The minimum Gasteiger partial charge on any atom is -0.311 e. The van der Waals surface area contributed by atoms with Crippen LogP contribution in [0.2, 0.25) is 0 Å². The number of hydrogen-bond donors (Lipinski definition) is 0. The van der Waals surface area contributed by atoms with Crippen LogP contribution in [0.4, 0.5) is 18.9 Å². The Kier molecular flexibility index (Phi) is 2.10. The number of carbonyl (C=O) groups excluding carboxylic acids is 1. The number of fused-ring (bicyclic) bond motifs is 2. The van der Waals surface area contributed by atoms with E-state index >= 15 is 0 Å². The lowest BCUT2D eigenvalue weighted by Gasteiger charge is -2.16. The van der Waals surface area contributed by atoms with Crippen LogP contribution >= 0.6 is 0 Å². The van der Waals surface area contributed by atoms with E-state index in [0.29, 0.717) is 17.8 Å². The number of nitrogens with zero attached hydrogens (tertiary/aromatic N) is 1. The van der Waals surface area contributed by atoms with E-state index in [1.54, 1.807) is 6.07 Å². The molecular weight excluding hydrogens is 243 g/mol. The molecule has 1 aliphatic heterocycles. The smallest absolute Gasteiger partial charge is 0.311 e. The molecule has 0 saturated heterocycles. The maximum Gasteiger partial charge on any atom is 0.416 e. The molecule has 18 heavy (non-hydrogen) atoms. The second-order valence-corrected chi connectivity index (χ2v) is 5.08. The average molecular weight is 255 g/mol. The van der Waals surface area contributed by atoms with Gasteiger partial charge in [0.25, 0.3) is 0 Å². The van der Waals surface area contributed by atoms with E-state index in [1.165, 1.54) is 17.9 Å². The Morgan fingerprint density at radius 3 is 2.50 bits per heavy atom. The summed E-state index contributed by atoms with van der Waals surface area (Å²) >= 11 is 0. The largest absolute Gasteiger partial charge is 0.416 e. The highest BCUT2D eigenvalue weighted by atomic mass is 19.4. The number of anilines is 1. The summed E-state index contributed by atoms with van der Waals surface area (Å²) in [6, 6.07) is 4.10. The molecule has 96 valence electrons. The molecule has 1 fully saturated rings. The maximum atomic E-state index is 13.0. The van der Waals surface area contributed by atoms with E-state index in [-0.39, 0.29) is 5.91 Å². The van der Waals surface area contributed by atoms with Crippen molar-refractivity contribution in [3.63, 3.8) is 0 Å². The lowest BCUT2D eigenvalue weighted by atomic mass is 9.93. The van der Waals surface area contributed by atoms with Crippen molar-refractivity contribution < 1.29 is 18.0 Å². The number of halogens is 3. The highest BCUT2D eigenvalue weighted by Gasteiger charge is 2.56. The van der Waals surface area contributed by atoms with Gasteiger partial charge < -0.3 is 4.90 Å². The number of rotatable bonds is 0. The summed E-state index contributed by atoms with van der Waals surface area (Å²) < 4.78 is 39.1. The molecule has 2 aliphatic rings. The fraction of sp³-hybridized carbons (Fsp3) is 0.462. The first-order valence-corrected chi connectivity index (χ1v) is 5.84. The Labute approximate surface area is 102 Å². The van der Waals surface area contributed by atoms with Gasteiger partial charge in [-0.15, -0.1) is 0 Å². The van der Waals surface area contributed by atoms with Gasteiger partial charge in [-0.1, -0.05) is 6.07 Å². The molecule has 3 rings (SSSR count). The zero-order valence-corrected chi connectivity index (χ0v) is 9.84. The normalized spacial score (nSPS) is 20.1. The molecule has 0 radical (unpaired) electrons. The van der Waals surface area contributed by atoms with Crippen LogP contribution in [0.15, 0.2) is 18.2 Å². The number of carbonyl (C=O) groups is 1. The van der Waals surface area contributed by atoms with Crippen molar-refractivity contribution in [1.82, 2.24) is 0 Å². The molecule has 1 aromatic carbocycles. The zero-order valence-electron chi connectivity index (χ0n) is 9.84. The van der Waals surface area contributed by atoms with Crippen LogP contribution in [0.1, 0.15) is 30.9 Å². The summed E-state index contributed by atoms with van der Waals surface area (Å²) in [5.41, 5.74) is -0.253. The highest BCUT2D eigenvalue weighted by molar-refractivity contribution is 5.95. The van der Waals surface area contributed by atoms with Crippen LogP contribution in [-0.2, 0) is 16.4 Å². The molecule has 0 unspecified atom stereocenters. The zero-order chi connectivity index (χ0) is 13.1. The molecule has 0 aromatic heterocycles. The lowest BCUT2D eigenvalue weighted by Crippen LogP contribution is -2.28. The van der Waals surface area contributed by atoms with Crippen molar-refractivity contribution in [1.29, 1.82) is 0 Å². The first-order chi connectivity index (χ1) is 8.35. The van der Waals surface area contributed by atoms with Gasteiger partial charge in [-0.05, 0) is 30.5 Å². The third-order valence-corrected chi connectivity index (χ3v) is 3.86. The molecule has 1 spiro atoms. The Balaban J connectivity index is 2.22. The predicted octanol–water partition coefficient (Wildman–Crippen LogP) is 3.10. The third kappa shape index (κ3) is 1.46. The lowest BCUT2D eigenvalue weighted by molar-refractivity contribution is -0.138. The van der Waals surface area contributed by atoms with E-state index in [2.05, 4.69) is 0 Å². The molecular formula is C13H12F3NO. The summed E-state index contributed by atoms with van der Waals surface area (Å²) in [6.07, 6.45) is -2.89. The Bertz CT molecular complexity index is 532. The summed E-state index contributed by atoms with van der Waals surface area (Å²) in [4.78, 5) is 13.0. The third-order valence-electron chi connectivity index (χ3n) is 3.86. The number of amides is 1. The van der Waals surface area contributed by atoms with Crippen molar-refractivity contribution >= 4 is 11.6 Å². The average Bonchev–Trinajstić information content (AvgIpc) is 2.95. The summed E-state index contributed by atoms with van der Waals surface area (Å²) in [6.45, 7) is 1.79. The minimum atomic E-state index is -4.35. The number of alkyl halides is 3. The topological polar surface area (TPSA) is 20.3 Å². The molecule has 0 N–H and O–H groups in total. The fourth-order valence-electron chi connectivity index (χ4n) is 2.87. The van der Waals surface area contributed by atoms with E-state index in [9.17, 15) is 18.0 Å². The molecule has 1 amide bonds. The first-order valence-electron chi connectivity index (χ1n) is 5.84. The van der Waals surface area contributed by atoms with Crippen LogP contribution in [-0.4, -0.2) is 12.5 Å². The van der Waals surface area contributed by atoms with Crippen LogP contribution in [0.5, 0.6) is 0 Å². The van der Waals surface area contributed by atoms with Crippen molar-refractivity contribution in [3.05, 3.63) is 29.3 Å². The predicted molar refractivity (Wildman–Crippen MR) is 60.4 cm³/mol. The summed E-state index contributed by atoms with van der Waals surface area (Å²) in [5.74, 6) is -0.195. The molecule has 0 bridgehead atoms. The van der Waals surface area contributed by atoms with Crippen molar-refractivity contribution in [2.45, 2.75) is 31.4 Å². The van der Waals surface area contributed by atoms with Crippen molar-refractivity contribution in [3.8, 4) is 0 Å². The summed E-state index contributed by atoms with van der Waals surface area (Å²) in [7, 11) is 0. The number of hydrogen-bond acceptors (Lipinski definition) is 1. The Hall–Kier alpha value is -1.52. The number of benzene rings is 1.